The Bertz CT molecular complexity index is 1500. The van der Waals surface area contributed by atoms with Gasteiger partial charge in [-0.2, -0.15) is 5.10 Å². The number of nitrogens with zero attached hydrogens (tertiary/aromatic N) is 6. The summed E-state index contributed by atoms with van der Waals surface area (Å²) in [5.41, 5.74) is 3.38. The monoisotopic (exact) mass is 471 g/mol. The Morgan fingerprint density at radius 2 is 1.89 bits per heavy atom. The first-order chi connectivity index (χ1) is 17.1. The molecule has 9 nitrogen and oxygen atoms in total. The van der Waals surface area contributed by atoms with Crippen LogP contribution in [0.3, 0.4) is 0 Å². The van der Waals surface area contributed by atoms with Gasteiger partial charge in [0.2, 0.25) is 5.43 Å². The van der Waals surface area contributed by atoms with Crippen molar-refractivity contribution in [3.63, 3.8) is 0 Å². The van der Waals surface area contributed by atoms with Gasteiger partial charge in [0.05, 0.1) is 18.3 Å². The third-order valence-corrected chi connectivity index (χ3v) is 7.65. The van der Waals surface area contributed by atoms with Crippen molar-refractivity contribution in [1.82, 2.24) is 34.6 Å². The molecule has 1 spiro atoms. The highest BCUT2D eigenvalue weighted by Crippen LogP contribution is 2.41. The molecular formula is C26H29N7O2. The maximum Gasteiger partial charge on any atom is 0.275 e. The van der Waals surface area contributed by atoms with Crippen molar-refractivity contribution < 1.29 is 4.79 Å². The minimum Gasteiger partial charge on any atom is -0.351 e. The van der Waals surface area contributed by atoms with E-state index in [-0.39, 0.29) is 16.7 Å². The normalized spacial score (nSPS) is 18.5. The topological polar surface area (TPSA) is 108 Å². The standard InChI is InChI=1S/C26H29N7O2/c1-17-14-32-24-19(17)11-18(12-29-24)7-3-2-6-10-28-25(35)22-23(34)21-20(13-27-16-30-21)33(31-22)15-26(32)8-4-5-9-26/h11-14,16H,2-10,15H2,1H3,(H,28,35). The molecule has 1 saturated carbocycles. The van der Waals surface area contributed by atoms with Crippen molar-refractivity contribution in [1.29, 1.82) is 0 Å². The molecule has 4 aromatic heterocycles. The second kappa shape index (κ2) is 8.55. The summed E-state index contributed by atoms with van der Waals surface area (Å²) >= 11 is 0. The average molecular weight is 472 g/mol. The molecule has 4 aromatic rings. The smallest absolute Gasteiger partial charge is 0.275 e. The number of aromatic nitrogens is 6. The van der Waals surface area contributed by atoms with Crippen LogP contribution in [0.25, 0.3) is 22.1 Å². The number of carbonyl (C=O) groups excluding carboxylic acids is 1. The van der Waals surface area contributed by atoms with Crippen LogP contribution in [-0.2, 0) is 18.5 Å². The fourth-order valence-corrected chi connectivity index (χ4v) is 5.80. The fraction of sp³-hybridized carbons (Fsp3) is 0.462. The lowest BCUT2D eigenvalue weighted by molar-refractivity contribution is 0.0943. The quantitative estimate of drug-likeness (QED) is 0.422. The van der Waals surface area contributed by atoms with Gasteiger partial charge in [-0.3, -0.25) is 14.3 Å². The number of nitrogens with one attached hydrogen (secondary N) is 1. The molecule has 3 aliphatic rings. The lowest BCUT2D eigenvalue weighted by Gasteiger charge is -2.32. The zero-order valence-corrected chi connectivity index (χ0v) is 20.0. The molecule has 0 radical (unpaired) electrons. The van der Waals surface area contributed by atoms with Crippen LogP contribution in [0.5, 0.6) is 0 Å². The minimum atomic E-state index is -0.453. The SMILES string of the molecule is Cc1cn2c3ncc(cc13)CCCCCNC(=O)c1nn(c3cncnc3c1=O)CC21CCCC1. The van der Waals surface area contributed by atoms with E-state index in [1.165, 1.54) is 22.8 Å². The van der Waals surface area contributed by atoms with Gasteiger partial charge in [-0.05, 0) is 56.2 Å². The van der Waals surface area contributed by atoms with Gasteiger partial charge in [-0.15, -0.1) is 0 Å². The number of pyridine rings is 1. The first-order valence-electron chi connectivity index (χ1n) is 12.5. The van der Waals surface area contributed by atoms with Crippen molar-refractivity contribution >= 4 is 28.0 Å². The summed E-state index contributed by atoms with van der Waals surface area (Å²) in [4.78, 5) is 39.5. The molecule has 6 heterocycles. The summed E-state index contributed by atoms with van der Waals surface area (Å²) in [6.07, 6.45) is 15.1. The van der Waals surface area contributed by atoms with Gasteiger partial charge >= 0.3 is 0 Å². The van der Waals surface area contributed by atoms with E-state index in [0.29, 0.717) is 18.6 Å². The van der Waals surface area contributed by atoms with Gasteiger partial charge in [0.1, 0.15) is 23.0 Å². The third kappa shape index (κ3) is 3.69. The van der Waals surface area contributed by atoms with E-state index in [9.17, 15) is 9.59 Å². The maximum atomic E-state index is 13.1. The number of hydrogen-bond donors (Lipinski definition) is 1. The highest BCUT2D eigenvalue weighted by atomic mass is 16.2. The van der Waals surface area contributed by atoms with Crippen LogP contribution >= 0.6 is 0 Å². The van der Waals surface area contributed by atoms with E-state index < -0.39 is 11.3 Å². The number of hydrogen-bond acceptors (Lipinski definition) is 6. The molecule has 0 aromatic carbocycles. The maximum absolute atomic E-state index is 13.1. The van der Waals surface area contributed by atoms with Crippen LogP contribution in [0.4, 0.5) is 0 Å². The molecule has 6 bridgehead atoms. The van der Waals surface area contributed by atoms with Crippen LogP contribution in [-0.4, -0.2) is 41.8 Å². The highest BCUT2D eigenvalue weighted by Gasteiger charge is 2.38. The first kappa shape index (κ1) is 21.9. The minimum absolute atomic E-state index is 0.107. The van der Waals surface area contributed by atoms with Gasteiger partial charge in [0, 0.05) is 24.3 Å². The molecular weight excluding hydrogens is 442 g/mol. The summed E-state index contributed by atoms with van der Waals surface area (Å²) in [5, 5.41) is 8.69. The van der Waals surface area contributed by atoms with Crippen molar-refractivity contribution in [2.24, 2.45) is 0 Å². The number of rotatable bonds is 0. The largest absolute Gasteiger partial charge is 0.351 e. The molecule has 1 fully saturated rings. The number of carbonyl (C=O) groups is 1. The molecule has 9 heteroatoms. The van der Waals surface area contributed by atoms with Crippen molar-refractivity contribution in [3.05, 3.63) is 58.0 Å². The predicted molar refractivity (Wildman–Crippen MR) is 132 cm³/mol. The summed E-state index contributed by atoms with van der Waals surface area (Å²) in [7, 11) is 0. The lowest BCUT2D eigenvalue weighted by Crippen LogP contribution is -2.38. The Kier molecular flexibility index (Phi) is 5.35. The van der Waals surface area contributed by atoms with E-state index in [4.69, 9.17) is 4.98 Å². The zero-order valence-electron chi connectivity index (χ0n) is 20.0. The second-order valence-corrected chi connectivity index (χ2v) is 9.99. The molecule has 1 N–H and O–H groups in total. The lowest BCUT2D eigenvalue weighted by atomic mass is 9.96. The van der Waals surface area contributed by atoms with Gasteiger partial charge in [0.25, 0.3) is 5.91 Å². The third-order valence-electron chi connectivity index (χ3n) is 7.65. The van der Waals surface area contributed by atoms with Crippen LogP contribution in [0.2, 0.25) is 0 Å². The predicted octanol–water partition coefficient (Wildman–Crippen LogP) is 3.27. The van der Waals surface area contributed by atoms with E-state index in [0.717, 1.165) is 57.0 Å². The summed E-state index contributed by atoms with van der Waals surface area (Å²) in [5.74, 6) is -0.443. The first-order valence-corrected chi connectivity index (χ1v) is 12.5. The summed E-state index contributed by atoms with van der Waals surface area (Å²) < 4.78 is 4.09. The molecule has 0 atom stereocenters. The van der Waals surface area contributed by atoms with Crippen molar-refractivity contribution in [2.75, 3.05) is 6.54 Å². The van der Waals surface area contributed by atoms with Crippen molar-refractivity contribution in [2.45, 2.75) is 70.4 Å². The molecule has 0 saturated heterocycles. The summed E-state index contributed by atoms with van der Waals surface area (Å²) in [6, 6.07) is 2.29. The molecule has 0 unspecified atom stereocenters. The molecule has 180 valence electrons. The van der Waals surface area contributed by atoms with Gasteiger partial charge < -0.3 is 9.88 Å². The highest BCUT2D eigenvalue weighted by molar-refractivity contribution is 5.94. The average Bonchev–Trinajstić information content (AvgIpc) is 3.48. The molecule has 1 aliphatic carbocycles. The van der Waals surface area contributed by atoms with Gasteiger partial charge in [0.15, 0.2) is 5.69 Å². The summed E-state index contributed by atoms with van der Waals surface area (Å²) in [6.45, 7) is 3.16. The Hall–Kier alpha value is -3.62. The van der Waals surface area contributed by atoms with Crippen LogP contribution in [0.15, 0.2) is 35.8 Å². The molecule has 7 rings (SSSR count). The zero-order chi connectivity index (χ0) is 24.0. The second-order valence-electron chi connectivity index (χ2n) is 9.99. The Morgan fingerprint density at radius 3 is 2.74 bits per heavy atom. The number of amides is 1. The van der Waals surface area contributed by atoms with E-state index in [1.807, 2.05) is 6.20 Å². The van der Waals surface area contributed by atoms with Crippen molar-refractivity contribution in [3.8, 4) is 0 Å². The van der Waals surface area contributed by atoms with E-state index in [2.05, 4.69) is 44.1 Å². The van der Waals surface area contributed by atoms with E-state index >= 15 is 0 Å². The number of aryl methyl sites for hydroxylation is 2. The Labute approximate surface area is 202 Å². The van der Waals surface area contributed by atoms with E-state index in [1.54, 1.807) is 10.9 Å². The Morgan fingerprint density at radius 1 is 1.03 bits per heavy atom. The van der Waals surface area contributed by atoms with Crippen LogP contribution < -0.4 is 10.7 Å². The Balaban J connectivity index is 1.58. The van der Waals surface area contributed by atoms with Crippen LogP contribution in [0, 0.1) is 6.92 Å². The fourth-order valence-electron chi connectivity index (χ4n) is 5.80. The van der Waals surface area contributed by atoms with Gasteiger partial charge in [-0.25, -0.2) is 15.0 Å². The van der Waals surface area contributed by atoms with Crippen LogP contribution in [0.1, 0.15) is 66.6 Å². The molecule has 35 heavy (non-hydrogen) atoms. The van der Waals surface area contributed by atoms with Gasteiger partial charge in [-0.1, -0.05) is 19.3 Å². The number of fused-ring (bicyclic) bond motifs is 8. The molecule has 2 aliphatic heterocycles. The molecule has 1 amide bonds.